The van der Waals surface area contributed by atoms with E-state index in [-0.39, 0.29) is 0 Å². The summed E-state index contributed by atoms with van der Waals surface area (Å²) in [5.41, 5.74) is 1.14. The largest absolute Gasteiger partial charge is 0.462 e. The molecule has 1 atom stereocenters. The maximum absolute atomic E-state index is 5.39. The highest BCUT2D eigenvalue weighted by molar-refractivity contribution is 7.13. The Bertz CT molecular complexity index is 503. The Kier molecular flexibility index (Phi) is 3.96. The van der Waals surface area contributed by atoms with Crippen molar-refractivity contribution in [1.82, 2.24) is 15.2 Å². The van der Waals surface area contributed by atoms with Crippen molar-refractivity contribution in [3.05, 3.63) is 29.5 Å². The van der Waals surface area contributed by atoms with Crippen LogP contribution in [0.3, 0.4) is 0 Å². The zero-order valence-corrected chi connectivity index (χ0v) is 11.9. The number of hydrogen-bond acceptors (Lipinski definition) is 5. The van der Waals surface area contributed by atoms with Crippen LogP contribution in [0.2, 0.25) is 0 Å². The lowest BCUT2D eigenvalue weighted by Crippen LogP contribution is -2.36. The van der Waals surface area contributed by atoms with Crippen LogP contribution in [0, 0.1) is 0 Å². The summed E-state index contributed by atoms with van der Waals surface area (Å²) >= 11 is 1.66. The number of furan rings is 1. The summed E-state index contributed by atoms with van der Waals surface area (Å²) in [5, 5.41) is 6.54. The highest BCUT2D eigenvalue weighted by Crippen LogP contribution is 2.25. The van der Waals surface area contributed by atoms with Crippen molar-refractivity contribution in [1.29, 1.82) is 0 Å². The minimum absolute atomic E-state index is 0.652. The molecule has 1 fully saturated rings. The molecule has 0 spiro atoms. The fraction of sp³-hybridized carbons (Fsp3) is 0.500. The average molecular weight is 277 g/mol. The number of likely N-dealkylation sites (N-methyl/N-ethyl adjacent to an activating group) is 1. The minimum atomic E-state index is 0.652. The first-order chi connectivity index (χ1) is 9.36. The Morgan fingerprint density at radius 3 is 3.21 bits per heavy atom. The van der Waals surface area contributed by atoms with Crippen molar-refractivity contribution < 1.29 is 4.42 Å². The Morgan fingerprint density at radius 1 is 1.58 bits per heavy atom. The van der Waals surface area contributed by atoms with Gasteiger partial charge in [0.1, 0.15) is 0 Å². The highest BCUT2D eigenvalue weighted by atomic mass is 32.1. The molecule has 1 unspecified atom stereocenters. The zero-order chi connectivity index (χ0) is 13.1. The van der Waals surface area contributed by atoms with E-state index in [0.29, 0.717) is 6.04 Å². The maximum Gasteiger partial charge on any atom is 0.162 e. The molecule has 0 bridgehead atoms. The second-order valence-corrected chi connectivity index (χ2v) is 5.69. The Hall–Kier alpha value is -1.17. The maximum atomic E-state index is 5.39. The van der Waals surface area contributed by atoms with Crippen LogP contribution in [0.4, 0.5) is 0 Å². The molecule has 0 amide bonds. The quantitative estimate of drug-likeness (QED) is 0.912. The summed E-state index contributed by atoms with van der Waals surface area (Å²) in [7, 11) is 0. The van der Waals surface area contributed by atoms with Crippen LogP contribution >= 0.6 is 11.3 Å². The van der Waals surface area contributed by atoms with Gasteiger partial charge in [-0.2, -0.15) is 0 Å². The third-order valence-corrected chi connectivity index (χ3v) is 4.51. The molecular formula is C14H19N3OS. The Balaban J connectivity index is 1.68. The minimum Gasteiger partial charge on any atom is -0.462 e. The van der Waals surface area contributed by atoms with E-state index in [4.69, 9.17) is 4.42 Å². The molecule has 19 heavy (non-hydrogen) atoms. The molecule has 1 aliphatic rings. The monoisotopic (exact) mass is 277 g/mol. The Morgan fingerprint density at radius 2 is 2.53 bits per heavy atom. The number of thiazole rings is 1. The number of nitrogens with zero attached hydrogens (tertiary/aromatic N) is 2. The molecule has 3 heterocycles. The summed E-state index contributed by atoms with van der Waals surface area (Å²) in [6, 6.07) is 4.51. The topological polar surface area (TPSA) is 41.3 Å². The smallest absolute Gasteiger partial charge is 0.162 e. The second kappa shape index (κ2) is 5.86. The first-order valence-electron chi connectivity index (χ1n) is 6.80. The molecule has 0 aromatic carbocycles. The summed E-state index contributed by atoms with van der Waals surface area (Å²) in [6.45, 7) is 6.46. The highest BCUT2D eigenvalue weighted by Gasteiger charge is 2.21. The fourth-order valence-electron chi connectivity index (χ4n) is 2.55. The van der Waals surface area contributed by atoms with Crippen molar-refractivity contribution in [3.63, 3.8) is 0 Å². The third kappa shape index (κ3) is 2.88. The van der Waals surface area contributed by atoms with E-state index in [1.54, 1.807) is 17.6 Å². The number of rotatable bonds is 5. The number of nitrogens with one attached hydrogen (secondary N) is 1. The Labute approximate surface area is 117 Å². The van der Waals surface area contributed by atoms with Crippen LogP contribution in [0.15, 0.2) is 28.2 Å². The van der Waals surface area contributed by atoms with Gasteiger partial charge >= 0.3 is 0 Å². The van der Waals surface area contributed by atoms with Gasteiger partial charge in [0.25, 0.3) is 0 Å². The van der Waals surface area contributed by atoms with Crippen molar-refractivity contribution in [3.8, 4) is 10.8 Å². The van der Waals surface area contributed by atoms with Crippen LogP contribution in [-0.4, -0.2) is 35.6 Å². The normalized spacial score (nSPS) is 19.4. The average Bonchev–Trinajstić information content (AvgIpc) is 3.15. The summed E-state index contributed by atoms with van der Waals surface area (Å²) < 4.78 is 5.39. The van der Waals surface area contributed by atoms with Gasteiger partial charge in [0.15, 0.2) is 10.8 Å². The van der Waals surface area contributed by atoms with Crippen LogP contribution in [-0.2, 0) is 6.54 Å². The van der Waals surface area contributed by atoms with E-state index in [0.717, 1.165) is 42.6 Å². The standard InChI is InChI=1S/C14H19N3OS/c1-2-17(12-5-6-15-8-12)9-11-10-19-14(16-11)13-4-3-7-18-13/h3-4,7,10,12,15H,2,5-6,8-9H2,1H3. The van der Waals surface area contributed by atoms with Crippen LogP contribution in [0.1, 0.15) is 19.0 Å². The number of hydrogen-bond donors (Lipinski definition) is 1. The molecule has 0 radical (unpaired) electrons. The predicted octanol–water partition coefficient (Wildman–Crippen LogP) is 2.59. The van der Waals surface area contributed by atoms with Gasteiger partial charge in [0.2, 0.25) is 0 Å². The van der Waals surface area contributed by atoms with Crippen LogP contribution < -0.4 is 5.32 Å². The number of aromatic nitrogens is 1. The van der Waals surface area contributed by atoms with Crippen LogP contribution in [0.5, 0.6) is 0 Å². The van der Waals surface area contributed by atoms with Crippen LogP contribution in [0.25, 0.3) is 10.8 Å². The molecule has 1 N–H and O–H groups in total. The molecule has 0 aliphatic carbocycles. The van der Waals surface area contributed by atoms with Crippen molar-refractivity contribution in [2.45, 2.75) is 25.9 Å². The molecule has 2 aromatic rings. The van der Waals surface area contributed by atoms with Crippen molar-refractivity contribution >= 4 is 11.3 Å². The van der Waals surface area contributed by atoms with Gasteiger partial charge in [-0.1, -0.05) is 6.92 Å². The fourth-order valence-corrected chi connectivity index (χ4v) is 3.33. The first kappa shape index (κ1) is 12.8. The van der Waals surface area contributed by atoms with Gasteiger partial charge in [-0.15, -0.1) is 11.3 Å². The van der Waals surface area contributed by atoms with E-state index in [2.05, 4.69) is 27.5 Å². The lowest BCUT2D eigenvalue weighted by atomic mass is 10.2. The third-order valence-electron chi connectivity index (χ3n) is 3.61. The first-order valence-corrected chi connectivity index (χ1v) is 7.68. The molecule has 102 valence electrons. The van der Waals surface area contributed by atoms with E-state index < -0.39 is 0 Å². The van der Waals surface area contributed by atoms with Crippen molar-refractivity contribution in [2.75, 3.05) is 19.6 Å². The van der Waals surface area contributed by atoms with Crippen molar-refractivity contribution in [2.24, 2.45) is 0 Å². The molecule has 1 aliphatic heterocycles. The second-order valence-electron chi connectivity index (χ2n) is 4.83. The van der Waals surface area contributed by atoms with Gasteiger partial charge < -0.3 is 9.73 Å². The van der Waals surface area contributed by atoms with Gasteiger partial charge in [0, 0.05) is 24.5 Å². The summed E-state index contributed by atoms with van der Waals surface area (Å²) in [5.74, 6) is 0.863. The molecule has 2 aromatic heterocycles. The lowest BCUT2D eigenvalue weighted by Gasteiger charge is -2.25. The zero-order valence-electron chi connectivity index (χ0n) is 11.1. The van der Waals surface area contributed by atoms with Gasteiger partial charge in [-0.3, -0.25) is 4.90 Å². The van der Waals surface area contributed by atoms with Gasteiger partial charge in [-0.25, -0.2) is 4.98 Å². The van der Waals surface area contributed by atoms with E-state index >= 15 is 0 Å². The molecular weight excluding hydrogens is 258 g/mol. The molecule has 3 rings (SSSR count). The van der Waals surface area contributed by atoms with E-state index in [1.165, 1.54) is 6.42 Å². The van der Waals surface area contributed by atoms with Gasteiger partial charge in [-0.05, 0) is 31.6 Å². The van der Waals surface area contributed by atoms with Gasteiger partial charge in [0.05, 0.1) is 12.0 Å². The predicted molar refractivity (Wildman–Crippen MR) is 77.2 cm³/mol. The van der Waals surface area contributed by atoms with E-state index in [9.17, 15) is 0 Å². The van der Waals surface area contributed by atoms with E-state index in [1.807, 2.05) is 12.1 Å². The lowest BCUT2D eigenvalue weighted by molar-refractivity contribution is 0.208. The summed E-state index contributed by atoms with van der Waals surface area (Å²) in [4.78, 5) is 7.18. The SMILES string of the molecule is CCN(Cc1csc(-c2ccco2)n1)C1CCNC1. The molecule has 0 saturated carbocycles. The molecule has 5 heteroatoms. The molecule has 4 nitrogen and oxygen atoms in total. The summed E-state index contributed by atoms with van der Waals surface area (Å²) in [6.07, 6.45) is 2.93. The molecule has 1 saturated heterocycles.